The van der Waals surface area contributed by atoms with Gasteiger partial charge < -0.3 is 19.7 Å². The molecule has 1 heterocycles. The maximum Gasteiger partial charge on any atom is 0.264 e. The number of hydrogen-bond donors (Lipinski definition) is 1. The maximum atomic E-state index is 14.0. The molecule has 11 heteroatoms. The number of ether oxygens (including phenoxy) is 2. The molecule has 4 rings (SSSR count). The van der Waals surface area contributed by atoms with E-state index in [9.17, 15) is 22.4 Å². The van der Waals surface area contributed by atoms with Crippen molar-refractivity contribution in [2.45, 2.75) is 50.7 Å². The van der Waals surface area contributed by atoms with E-state index in [2.05, 4.69) is 5.32 Å². The molecule has 0 unspecified atom stereocenters. The Morgan fingerprint density at radius 3 is 2.27 bits per heavy atom. The fraction of sp³-hybridized carbons (Fsp3) is 0.333. The van der Waals surface area contributed by atoms with Crippen molar-refractivity contribution in [1.82, 2.24) is 10.2 Å². The fourth-order valence-electron chi connectivity index (χ4n) is 4.27. The molecule has 41 heavy (non-hydrogen) atoms. The van der Waals surface area contributed by atoms with E-state index in [4.69, 9.17) is 9.47 Å². The van der Waals surface area contributed by atoms with Crippen molar-refractivity contribution in [2.24, 2.45) is 0 Å². The highest BCUT2D eigenvalue weighted by molar-refractivity contribution is 7.92. The number of amides is 2. The van der Waals surface area contributed by atoms with Crippen molar-refractivity contribution in [2.75, 3.05) is 24.1 Å². The average Bonchev–Trinajstić information content (AvgIpc) is 2.99. The zero-order valence-corrected chi connectivity index (χ0v) is 24.1. The SMILES string of the molecule is CC[C@@H](C)NC(=O)[C@H](C)N(Cc1ccc(F)cc1)C(=O)CN(c1ccc2c(c1)OCCO2)S(=O)(=O)c1ccccc1. The van der Waals surface area contributed by atoms with Gasteiger partial charge in [-0.2, -0.15) is 0 Å². The Bertz CT molecular complexity index is 1470. The van der Waals surface area contributed by atoms with Gasteiger partial charge in [0.05, 0.1) is 10.6 Å². The monoisotopic (exact) mass is 583 g/mol. The highest BCUT2D eigenvalue weighted by Crippen LogP contribution is 2.36. The third-order valence-electron chi connectivity index (χ3n) is 6.86. The second kappa shape index (κ2) is 13.0. The minimum atomic E-state index is -4.22. The Kier molecular flexibility index (Phi) is 9.49. The molecule has 3 aromatic rings. The number of fused-ring (bicyclic) bond motifs is 1. The summed E-state index contributed by atoms with van der Waals surface area (Å²) in [5, 5.41) is 2.88. The van der Waals surface area contributed by atoms with Crippen LogP contribution in [-0.2, 0) is 26.2 Å². The smallest absolute Gasteiger partial charge is 0.264 e. The first-order valence-corrected chi connectivity index (χ1v) is 14.9. The summed E-state index contributed by atoms with van der Waals surface area (Å²) >= 11 is 0. The summed E-state index contributed by atoms with van der Waals surface area (Å²) in [6, 6.07) is 17.0. The largest absolute Gasteiger partial charge is 0.486 e. The van der Waals surface area contributed by atoms with Crippen LogP contribution in [0, 0.1) is 5.82 Å². The highest BCUT2D eigenvalue weighted by atomic mass is 32.2. The van der Waals surface area contributed by atoms with Gasteiger partial charge in [0.15, 0.2) is 11.5 Å². The van der Waals surface area contributed by atoms with Gasteiger partial charge in [0, 0.05) is 18.7 Å². The fourth-order valence-corrected chi connectivity index (χ4v) is 5.70. The normalized spacial score (nSPS) is 14.0. The molecule has 218 valence electrons. The lowest BCUT2D eigenvalue weighted by Crippen LogP contribution is -2.52. The van der Waals surface area contributed by atoms with E-state index < -0.39 is 34.3 Å². The van der Waals surface area contributed by atoms with Gasteiger partial charge >= 0.3 is 0 Å². The Labute approximate surface area is 239 Å². The number of carbonyl (C=O) groups excluding carboxylic acids is 2. The molecule has 0 aromatic heterocycles. The minimum absolute atomic E-state index is 0.00432. The first kappa shape index (κ1) is 29.9. The van der Waals surface area contributed by atoms with Gasteiger partial charge in [-0.1, -0.05) is 37.3 Å². The molecule has 0 radical (unpaired) electrons. The van der Waals surface area contributed by atoms with Crippen molar-refractivity contribution in [3.8, 4) is 11.5 Å². The van der Waals surface area contributed by atoms with Crippen LogP contribution < -0.4 is 19.1 Å². The lowest BCUT2D eigenvalue weighted by Gasteiger charge is -2.32. The molecule has 9 nitrogen and oxygen atoms in total. The van der Waals surface area contributed by atoms with Crippen LogP contribution in [0.15, 0.2) is 77.7 Å². The standard InChI is InChI=1S/C30H34FN3O6S/c1-4-21(2)32-30(36)22(3)33(19-23-10-12-24(31)13-11-23)29(35)20-34(41(37,38)26-8-6-5-7-9-26)25-14-15-27-28(18-25)40-17-16-39-27/h5-15,18,21-22H,4,16-17,19-20H2,1-3H3,(H,32,36)/t21-,22+/m1/s1. The first-order chi connectivity index (χ1) is 19.6. The zero-order chi connectivity index (χ0) is 29.6. The van der Waals surface area contributed by atoms with Crippen molar-refractivity contribution in [3.63, 3.8) is 0 Å². The van der Waals surface area contributed by atoms with E-state index in [0.29, 0.717) is 36.7 Å². The summed E-state index contributed by atoms with van der Waals surface area (Å²) in [5.74, 6) is -0.606. The van der Waals surface area contributed by atoms with E-state index in [1.807, 2.05) is 13.8 Å². The van der Waals surface area contributed by atoms with E-state index >= 15 is 0 Å². The third kappa shape index (κ3) is 7.15. The predicted molar refractivity (Wildman–Crippen MR) is 153 cm³/mol. The second-order valence-corrected chi connectivity index (χ2v) is 11.7. The number of nitrogens with zero attached hydrogens (tertiary/aromatic N) is 2. The van der Waals surface area contributed by atoms with E-state index in [1.54, 1.807) is 37.3 Å². The van der Waals surface area contributed by atoms with E-state index in [-0.39, 0.29) is 29.1 Å². The van der Waals surface area contributed by atoms with E-state index in [0.717, 1.165) is 4.31 Å². The van der Waals surface area contributed by atoms with Gasteiger partial charge in [0.1, 0.15) is 31.6 Å². The van der Waals surface area contributed by atoms with Gasteiger partial charge in [-0.15, -0.1) is 0 Å². The van der Waals surface area contributed by atoms with Crippen LogP contribution >= 0.6 is 0 Å². The number of nitrogens with one attached hydrogen (secondary N) is 1. The molecule has 0 spiro atoms. The van der Waals surface area contributed by atoms with Gasteiger partial charge in [-0.3, -0.25) is 13.9 Å². The van der Waals surface area contributed by atoms with Gasteiger partial charge in [-0.25, -0.2) is 12.8 Å². The van der Waals surface area contributed by atoms with Crippen LogP contribution in [0.5, 0.6) is 11.5 Å². The number of rotatable bonds is 11. The molecular formula is C30H34FN3O6S. The molecule has 0 fully saturated rings. The van der Waals surface area contributed by atoms with Crippen LogP contribution in [0.3, 0.4) is 0 Å². The summed E-state index contributed by atoms with van der Waals surface area (Å²) in [7, 11) is -4.22. The molecule has 2 amide bonds. The maximum absolute atomic E-state index is 14.0. The second-order valence-electron chi connectivity index (χ2n) is 9.79. The van der Waals surface area contributed by atoms with Crippen LogP contribution in [0.2, 0.25) is 0 Å². The lowest BCUT2D eigenvalue weighted by molar-refractivity contribution is -0.139. The first-order valence-electron chi connectivity index (χ1n) is 13.4. The van der Waals surface area contributed by atoms with Crippen molar-refractivity contribution >= 4 is 27.5 Å². The average molecular weight is 584 g/mol. The van der Waals surface area contributed by atoms with E-state index in [1.165, 1.54) is 47.4 Å². The number of benzene rings is 3. The van der Waals surface area contributed by atoms with Gasteiger partial charge in [0.2, 0.25) is 11.8 Å². The Morgan fingerprint density at radius 1 is 0.951 bits per heavy atom. The summed E-state index contributed by atoms with van der Waals surface area (Å²) in [5.41, 5.74) is 0.782. The summed E-state index contributed by atoms with van der Waals surface area (Å²) in [6.45, 7) is 5.40. The van der Waals surface area contributed by atoms with Crippen molar-refractivity contribution in [3.05, 3.63) is 84.2 Å². The summed E-state index contributed by atoms with van der Waals surface area (Å²) in [6.07, 6.45) is 0.692. The van der Waals surface area contributed by atoms with Gasteiger partial charge in [0.25, 0.3) is 10.0 Å². The number of halogens is 1. The van der Waals surface area contributed by atoms with Crippen LogP contribution in [0.4, 0.5) is 10.1 Å². The Balaban J connectivity index is 1.72. The summed E-state index contributed by atoms with van der Waals surface area (Å²) < 4.78 is 53.6. The number of hydrogen-bond acceptors (Lipinski definition) is 6. The molecule has 1 N–H and O–H groups in total. The van der Waals surface area contributed by atoms with Crippen LogP contribution in [-0.4, -0.2) is 57.0 Å². The molecule has 1 aliphatic heterocycles. The van der Waals surface area contributed by atoms with Gasteiger partial charge in [-0.05, 0) is 62.2 Å². The minimum Gasteiger partial charge on any atom is -0.486 e. The molecule has 2 atom stereocenters. The van der Waals surface area contributed by atoms with Crippen molar-refractivity contribution < 1.29 is 31.9 Å². The number of sulfonamides is 1. The molecule has 0 bridgehead atoms. The third-order valence-corrected chi connectivity index (χ3v) is 8.65. The number of carbonyl (C=O) groups is 2. The number of anilines is 1. The molecule has 0 saturated heterocycles. The molecular weight excluding hydrogens is 549 g/mol. The molecule has 0 aliphatic carbocycles. The molecule has 0 saturated carbocycles. The van der Waals surface area contributed by atoms with Crippen LogP contribution in [0.25, 0.3) is 0 Å². The molecule has 3 aromatic carbocycles. The quantitative estimate of drug-likeness (QED) is 0.364. The summed E-state index contributed by atoms with van der Waals surface area (Å²) in [4.78, 5) is 28.4. The lowest BCUT2D eigenvalue weighted by atomic mass is 10.1. The predicted octanol–water partition coefficient (Wildman–Crippen LogP) is 4.12. The Morgan fingerprint density at radius 2 is 1.61 bits per heavy atom. The van der Waals surface area contributed by atoms with Crippen LogP contribution in [0.1, 0.15) is 32.8 Å². The van der Waals surface area contributed by atoms with Crippen molar-refractivity contribution in [1.29, 1.82) is 0 Å². The zero-order valence-electron chi connectivity index (χ0n) is 23.2. The molecule has 1 aliphatic rings. The topological polar surface area (TPSA) is 105 Å². The highest BCUT2D eigenvalue weighted by Gasteiger charge is 2.33. The Hall–Kier alpha value is -4.12.